The van der Waals surface area contributed by atoms with Gasteiger partial charge in [0.25, 0.3) is 5.24 Å². The molecule has 2 fully saturated rings. The van der Waals surface area contributed by atoms with E-state index < -0.39 is 5.41 Å². The van der Waals surface area contributed by atoms with Gasteiger partial charge in [-0.2, -0.15) is 0 Å². The Balaban J connectivity index is 1.57. The summed E-state index contributed by atoms with van der Waals surface area (Å²) in [6, 6.07) is 7.14. The van der Waals surface area contributed by atoms with E-state index in [1.807, 2.05) is 20.8 Å². The summed E-state index contributed by atoms with van der Waals surface area (Å²) >= 11 is 1.02. The number of hydrogen-bond donors (Lipinski definition) is 1. The molecule has 156 valence electrons. The summed E-state index contributed by atoms with van der Waals surface area (Å²) in [7, 11) is 0. The Morgan fingerprint density at radius 3 is 2.45 bits per heavy atom. The lowest BCUT2D eigenvalue weighted by molar-refractivity contribution is -0.142. The average Bonchev–Trinajstić information content (AvgIpc) is 3.00. The Morgan fingerprint density at radius 1 is 1.17 bits per heavy atom. The normalized spacial score (nSPS) is 20.2. The van der Waals surface area contributed by atoms with Crippen LogP contribution in [0.3, 0.4) is 0 Å². The number of benzene rings is 1. The summed E-state index contributed by atoms with van der Waals surface area (Å²) in [5, 5.41) is 2.70. The number of carbonyl (C=O) groups excluding carboxylic acids is 4. The minimum atomic E-state index is -0.454. The van der Waals surface area contributed by atoms with Gasteiger partial charge in [-0.25, -0.2) is 0 Å². The summed E-state index contributed by atoms with van der Waals surface area (Å²) in [5.74, 6) is -0.229. The first-order valence-electron chi connectivity index (χ1n) is 9.81. The van der Waals surface area contributed by atoms with Gasteiger partial charge in [-0.3, -0.25) is 24.1 Å². The highest BCUT2D eigenvalue weighted by molar-refractivity contribution is 8.14. The molecule has 8 heteroatoms. The second kappa shape index (κ2) is 8.57. The maximum Gasteiger partial charge on any atom is 0.289 e. The second-order valence-corrected chi connectivity index (χ2v) is 9.49. The van der Waals surface area contributed by atoms with Gasteiger partial charge < -0.3 is 10.2 Å². The van der Waals surface area contributed by atoms with Gasteiger partial charge >= 0.3 is 0 Å². The molecule has 29 heavy (non-hydrogen) atoms. The summed E-state index contributed by atoms with van der Waals surface area (Å²) < 4.78 is 0. The predicted octanol–water partition coefficient (Wildman–Crippen LogP) is 3.11. The van der Waals surface area contributed by atoms with E-state index in [-0.39, 0.29) is 41.2 Å². The zero-order valence-electron chi connectivity index (χ0n) is 17.1. The molecule has 0 radical (unpaired) electrons. The third-order valence-electron chi connectivity index (χ3n) is 5.12. The molecule has 0 aliphatic carbocycles. The number of likely N-dealkylation sites (tertiary alicyclic amines) is 1. The molecule has 0 aromatic heterocycles. The Morgan fingerprint density at radius 2 is 1.86 bits per heavy atom. The monoisotopic (exact) mass is 417 g/mol. The Bertz CT molecular complexity index is 800. The number of amides is 4. The molecule has 1 unspecified atom stereocenters. The predicted molar refractivity (Wildman–Crippen MR) is 112 cm³/mol. The van der Waals surface area contributed by atoms with Gasteiger partial charge in [0.05, 0.1) is 18.2 Å². The van der Waals surface area contributed by atoms with Crippen molar-refractivity contribution >= 4 is 40.4 Å². The molecular weight excluding hydrogens is 390 g/mol. The third-order valence-corrected chi connectivity index (χ3v) is 5.98. The van der Waals surface area contributed by atoms with Crippen molar-refractivity contribution in [2.24, 2.45) is 11.3 Å². The number of nitrogens with zero attached hydrogens (tertiary/aromatic N) is 2. The van der Waals surface area contributed by atoms with Crippen LogP contribution in [0.1, 0.15) is 39.2 Å². The first-order valence-corrected chi connectivity index (χ1v) is 10.8. The Kier molecular flexibility index (Phi) is 6.31. The molecule has 2 heterocycles. The quantitative estimate of drug-likeness (QED) is 0.813. The Hall–Kier alpha value is -2.35. The van der Waals surface area contributed by atoms with Crippen LogP contribution in [-0.4, -0.2) is 51.6 Å². The molecular formula is C21H27N3O4S. The van der Waals surface area contributed by atoms with E-state index in [4.69, 9.17) is 0 Å². The van der Waals surface area contributed by atoms with Crippen molar-refractivity contribution in [3.63, 3.8) is 0 Å². The zero-order chi connectivity index (χ0) is 21.2. The first kappa shape index (κ1) is 21.4. The summed E-state index contributed by atoms with van der Waals surface area (Å²) in [6.45, 7) is 7.05. The SMILES string of the molecule is CC(C)(C)C(=O)N1CCCC(C(=O)Nc2ccc(CN3C(=O)CSC3=O)cc2)C1. The van der Waals surface area contributed by atoms with E-state index >= 15 is 0 Å². The minimum absolute atomic E-state index is 0.0727. The van der Waals surface area contributed by atoms with Crippen molar-refractivity contribution in [2.75, 3.05) is 24.2 Å². The van der Waals surface area contributed by atoms with Crippen LogP contribution in [-0.2, 0) is 20.9 Å². The van der Waals surface area contributed by atoms with E-state index in [2.05, 4.69) is 5.32 Å². The second-order valence-electron chi connectivity index (χ2n) is 8.56. The van der Waals surface area contributed by atoms with Crippen molar-refractivity contribution in [2.45, 2.75) is 40.2 Å². The van der Waals surface area contributed by atoms with Crippen LogP contribution in [0.25, 0.3) is 0 Å². The molecule has 3 rings (SSSR count). The van der Waals surface area contributed by atoms with Gasteiger partial charge in [0.2, 0.25) is 17.7 Å². The lowest BCUT2D eigenvalue weighted by Crippen LogP contribution is -2.47. The summed E-state index contributed by atoms with van der Waals surface area (Å²) in [5.41, 5.74) is 1.03. The number of piperidine rings is 1. The maximum absolute atomic E-state index is 12.7. The number of nitrogens with one attached hydrogen (secondary N) is 1. The van der Waals surface area contributed by atoms with E-state index in [1.54, 1.807) is 29.2 Å². The molecule has 7 nitrogen and oxygen atoms in total. The fourth-order valence-corrected chi connectivity index (χ4v) is 4.23. The molecule has 1 N–H and O–H groups in total. The summed E-state index contributed by atoms with van der Waals surface area (Å²) in [4.78, 5) is 51.6. The van der Waals surface area contributed by atoms with Crippen molar-refractivity contribution in [3.05, 3.63) is 29.8 Å². The molecule has 1 aromatic carbocycles. The number of imide groups is 1. The average molecular weight is 418 g/mol. The lowest BCUT2D eigenvalue weighted by atomic mass is 9.91. The van der Waals surface area contributed by atoms with E-state index in [1.165, 1.54) is 4.90 Å². The zero-order valence-corrected chi connectivity index (χ0v) is 17.9. The highest BCUT2D eigenvalue weighted by Gasteiger charge is 2.33. The molecule has 2 saturated heterocycles. The maximum atomic E-state index is 12.7. The fraction of sp³-hybridized carbons (Fsp3) is 0.524. The van der Waals surface area contributed by atoms with Crippen LogP contribution in [0.4, 0.5) is 10.5 Å². The standard InChI is InChI=1S/C21H27N3O4S/c1-21(2,3)19(27)23-10-4-5-15(12-23)18(26)22-16-8-6-14(7-9-16)11-24-17(25)13-29-20(24)28/h6-9,15H,4-5,10-13H2,1-3H3,(H,22,26). The van der Waals surface area contributed by atoms with E-state index in [9.17, 15) is 19.2 Å². The first-order chi connectivity index (χ1) is 13.6. The molecule has 0 spiro atoms. The van der Waals surface area contributed by atoms with E-state index in [0.29, 0.717) is 18.8 Å². The molecule has 4 amide bonds. The number of anilines is 1. The third kappa shape index (κ3) is 5.18. The van der Waals surface area contributed by atoms with Crippen molar-refractivity contribution in [1.82, 2.24) is 9.80 Å². The lowest BCUT2D eigenvalue weighted by Gasteiger charge is -2.35. The molecule has 1 aromatic rings. The smallest absolute Gasteiger partial charge is 0.289 e. The van der Waals surface area contributed by atoms with Crippen LogP contribution >= 0.6 is 11.8 Å². The van der Waals surface area contributed by atoms with Crippen LogP contribution in [0.5, 0.6) is 0 Å². The fourth-order valence-electron chi connectivity index (χ4n) is 3.50. The van der Waals surface area contributed by atoms with Gasteiger partial charge in [0.1, 0.15) is 0 Å². The Labute approximate surface area is 175 Å². The van der Waals surface area contributed by atoms with Crippen LogP contribution < -0.4 is 5.32 Å². The number of hydrogen-bond acceptors (Lipinski definition) is 5. The van der Waals surface area contributed by atoms with Gasteiger partial charge in [0.15, 0.2) is 0 Å². The molecule has 1 atom stereocenters. The number of thioether (sulfide) groups is 1. The summed E-state index contributed by atoms with van der Waals surface area (Å²) in [6.07, 6.45) is 1.57. The highest BCUT2D eigenvalue weighted by Crippen LogP contribution is 2.25. The largest absolute Gasteiger partial charge is 0.341 e. The van der Waals surface area contributed by atoms with Crippen LogP contribution in [0.15, 0.2) is 24.3 Å². The molecule has 0 saturated carbocycles. The van der Waals surface area contributed by atoms with Crippen molar-refractivity contribution in [3.8, 4) is 0 Å². The minimum Gasteiger partial charge on any atom is -0.341 e. The molecule has 2 aliphatic rings. The van der Waals surface area contributed by atoms with Crippen LogP contribution in [0.2, 0.25) is 0 Å². The highest BCUT2D eigenvalue weighted by atomic mass is 32.2. The van der Waals surface area contributed by atoms with Gasteiger partial charge in [0, 0.05) is 24.2 Å². The van der Waals surface area contributed by atoms with Crippen molar-refractivity contribution in [1.29, 1.82) is 0 Å². The molecule has 0 bridgehead atoms. The van der Waals surface area contributed by atoms with E-state index in [0.717, 1.165) is 30.2 Å². The topological polar surface area (TPSA) is 86.8 Å². The molecule has 2 aliphatic heterocycles. The number of rotatable bonds is 4. The van der Waals surface area contributed by atoms with Crippen LogP contribution in [0, 0.1) is 11.3 Å². The van der Waals surface area contributed by atoms with Gasteiger partial charge in [-0.1, -0.05) is 44.7 Å². The van der Waals surface area contributed by atoms with Gasteiger partial charge in [-0.15, -0.1) is 0 Å². The van der Waals surface area contributed by atoms with Gasteiger partial charge in [-0.05, 0) is 30.5 Å². The van der Waals surface area contributed by atoms with Crippen molar-refractivity contribution < 1.29 is 19.2 Å². The number of carbonyl (C=O) groups is 4.